The van der Waals surface area contributed by atoms with Gasteiger partial charge in [0.25, 0.3) is 11.6 Å². The number of nitrogens with one attached hydrogen (secondary N) is 1. The molecule has 7 heteroatoms. The van der Waals surface area contributed by atoms with E-state index in [0.29, 0.717) is 17.1 Å². The Hall–Kier alpha value is -3.19. The average Bonchev–Trinajstić information content (AvgIpc) is 2.65. The lowest BCUT2D eigenvalue weighted by Gasteiger charge is -2.14. The minimum Gasteiger partial charge on any atom is -0.457 e. The van der Waals surface area contributed by atoms with Gasteiger partial charge < -0.3 is 10.1 Å². The summed E-state index contributed by atoms with van der Waals surface area (Å²) < 4.78 is 6.74. The molecule has 0 fully saturated rings. The predicted octanol–water partition coefficient (Wildman–Crippen LogP) is 6.02. The van der Waals surface area contributed by atoms with Crippen molar-refractivity contribution in [2.24, 2.45) is 0 Å². The number of para-hydroxylation sites is 1. The van der Waals surface area contributed by atoms with Gasteiger partial charge in [0.2, 0.25) is 0 Å². The molecule has 0 spiro atoms. The Labute approximate surface area is 170 Å². The summed E-state index contributed by atoms with van der Waals surface area (Å²) in [4.78, 5) is 23.2. The highest BCUT2D eigenvalue weighted by Gasteiger charge is 2.16. The van der Waals surface area contributed by atoms with Crippen LogP contribution in [0.25, 0.3) is 0 Å². The molecule has 0 aliphatic carbocycles. The molecule has 142 valence electrons. The zero-order chi connectivity index (χ0) is 20.3. The summed E-state index contributed by atoms with van der Waals surface area (Å²) in [5.41, 5.74) is 2.96. The fourth-order valence-electron chi connectivity index (χ4n) is 2.79. The SMILES string of the molecule is Cc1cc(Br)cc(C)c1NC(=O)c1ccccc1Oc1ccc([N+](=O)[O-])cc1. The molecule has 0 aliphatic heterocycles. The van der Waals surface area contributed by atoms with E-state index in [1.54, 1.807) is 24.3 Å². The molecule has 1 amide bonds. The van der Waals surface area contributed by atoms with Crippen LogP contribution in [0.3, 0.4) is 0 Å². The van der Waals surface area contributed by atoms with Crippen molar-refractivity contribution < 1.29 is 14.5 Å². The van der Waals surface area contributed by atoms with E-state index >= 15 is 0 Å². The van der Waals surface area contributed by atoms with E-state index in [1.165, 1.54) is 24.3 Å². The topological polar surface area (TPSA) is 81.5 Å². The van der Waals surface area contributed by atoms with Gasteiger partial charge in [0.15, 0.2) is 0 Å². The fourth-order valence-corrected chi connectivity index (χ4v) is 3.48. The van der Waals surface area contributed by atoms with Crippen molar-refractivity contribution in [1.82, 2.24) is 0 Å². The van der Waals surface area contributed by atoms with Crippen LogP contribution in [0.2, 0.25) is 0 Å². The molecule has 0 heterocycles. The number of benzene rings is 3. The number of hydrogen-bond acceptors (Lipinski definition) is 4. The van der Waals surface area contributed by atoms with Gasteiger partial charge in [-0.1, -0.05) is 28.1 Å². The van der Waals surface area contributed by atoms with Gasteiger partial charge in [-0.25, -0.2) is 0 Å². The first-order valence-corrected chi connectivity index (χ1v) is 9.24. The van der Waals surface area contributed by atoms with E-state index in [2.05, 4.69) is 21.2 Å². The Balaban J connectivity index is 1.85. The van der Waals surface area contributed by atoms with Crippen LogP contribution in [-0.4, -0.2) is 10.8 Å². The van der Waals surface area contributed by atoms with Gasteiger partial charge >= 0.3 is 0 Å². The minimum atomic E-state index is -0.478. The van der Waals surface area contributed by atoms with Crippen LogP contribution < -0.4 is 10.1 Å². The number of hydrogen-bond donors (Lipinski definition) is 1. The van der Waals surface area contributed by atoms with Crippen LogP contribution in [0.15, 0.2) is 65.1 Å². The maximum absolute atomic E-state index is 12.9. The first-order valence-electron chi connectivity index (χ1n) is 8.44. The lowest BCUT2D eigenvalue weighted by molar-refractivity contribution is -0.384. The van der Waals surface area contributed by atoms with Crippen LogP contribution in [0.5, 0.6) is 11.5 Å². The van der Waals surface area contributed by atoms with E-state index < -0.39 is 4.92 Å². The highest BCUT2D eigenvalue weighted by atomic mass is 79.9. The van der Waals surface area contributed by atoms with Gasteiger partial charge in [-0.05, 0) is 61.4 Å². The van der Waals surface area contributed by atoms with Gasteiger partial charge in [0, 0.05) is 22.3 Å². The number of halogens is 1. The number of amides is 1. The molecular weight excluding hydrogens is 424 g/mol. The van der Waals surface area contributed by atoms with Crippen molar-refractivity contribution >= 4 is 33.2 Å². The lowest BCUT2D eigenvalue weighted by Crippen LogP contribution is -2.14. The number of ether oxygens (including phenoxy) is 1. The summed E-state index contributed by atoms with van der Waals surface area (Å²) in [5, 5.41) is 13.7. The number of non-ortho nitro benzene ring substituents is 1. The first-order chi connectivity index (χ1) is 13.3. The first kappa shape index (κ1) is 19.6. The van der Waals surface area contributed by atoms with Crippen molar-refractivity contribution in [3.63, 3.8) is 0 Å². The third-order valence-corrected chi connectivity index (χ3v) is 4.60. The quantitative estimate of drug-likeness (QED) is 0.388. The summed E-state index contributed by atoms with van der Waals surface area (Å²) in [6.07, 6.45) is 0. The van der Waals surface area contributed by atoms with E-state index in [0.717, 1.165) is 21.3 Å². The maximum Gasteiger partial charge on any atom is 0.269 e. The summed E-state index contributed by atoms with van der Waals surface area (Å²) in [6.45, 7) is 3.85. The van der Waals surface area contributed by atoms with E-state index in [1.807, 2.05) is 26.0 Å². The molecule has 6 nitrogen and oxygen atoms in total. The van der Waals surface area contributed by atoms with Crippen LogP contribution in [0, 0.1) is 24.0 Å². The highest BCUT2D eigenvalue weighted by molar-refractivity contribution is 9.10. The number of nitro benzene ring substituents is 1. The van der Waals surface area contributed by atoms with E-state index in [9.17, 15) is 14.9 Å². The number of nitrogens with zero attached hydrogens (tertiary/aromatic N) is 1. The second-order valence-electron chi connectivity index (χ2n) is 6.22. The molecule has 0 saturated heterocycles. The molecule has 0 aromatic heterocycles. The highest BCUT2D eigenvalue weighted by Crippen LogP contribution is 2.29. The van der Waals surface area contributed by atoms with Crippen molar-refractivity contribution in [1.29, 1.82) is 0 Å². The third kappa shape index (κ3) is 4.37. The van der Waals surface area contributed by atoms with Gasteiger partial charge in [0.05, 0.1) is 10.5 Å². The smallest absolute Gasteiger partial charge is 0.269 e. The average molecular weight is 441 g/mol. The molecule has 3 rings (SSSR count). The van der Waals surface area contributed by atoms with Gasteiger partial charge in [0.1, 0.15) is 11.5 Å². The Morgan fingerprint density at radius 2 is 1.64 bits per heavy atom. The molecule has 0 radical (unpaired) electrons. The maximum atomic E-state index is 12.9. The number of rotatable bonds is 5. The van der Waals surface area contributed by atoms with Crippen LogP contribution in [-0.2, 0) is 0 Å². The van der Waals surface area contributed by atoms with Gasteiger partial charge in [-0.3, -0.25) is 14.9 Å². The van der Waals surface area contributed by atoms with Crippen molar-refractivity contribution in [2.75, 3.05) is 5.32 Å². The normalized spacial score (nSPS) is 10.4. The Morgan fingerprint density at radius 3 is 2.25 bits per heavy atom. The molecule has 3 aromatic carbocycles. The van der Waals surface area contributed by atoms with Crippen LogP contribution in [0.4, 0.5) is 11.4 Å². The molecule has 0 unspecified atom stereocenters. The minimum absolute atomic E-state index is 0.0282. The zero-order valence-electron chi connectivity index (χ0n) is 15.2. The standard InChI is InChI=1S/C21H17BrN2O4/c1-13-11-15(22)12-14(2)20(13)23-21(25)18-5-3-4-6-19(18)28-17-9-7-16(8-10-17)24(26)27/h3-12H,1-2H3,(H,23,25). The van der Waals surface area contributed by atoms with Crippen LogP contribution >= 0.6 is 15.9 Å². The second-order valence-corrected chi connectivity index (χ2v) is 7.13. The molecule has 1 N–H and O–H groups in total. The monoisotopic (exact) mass is 440 g/mol. The molecular formula is C21H17BrN2O4. The molecule has 0 saturated carbocycles. The predicted molar refractivity (Wildman–Crippen MR) is 111 cm³/mol. The van der Waals surface area contributed by atoms with Gasteiger partial charge in [-0.2, -0.15) is 0 Å². The third-order valence-electron chi connectivity index (χ3n) is 4.14. The molecule has 28 heavy (non-hydrogen) atoms. The second kappa shape index (κ2) is 8.22. The summed E-state index contributed by atoms with van der Waals surface area (Å²) >= 11 is 3.45. The lowest BCUT2D eigenvalue weighted by atomic mass is 10.1. The Morgan fingerprint density at radius 1 is 1.04 bits per heavy atom. The van der Waals surface area contributed by atoms with Crippen LogP contribution in [0.1, 0.15) is 21.5 Å². The number of carbonyl (C=O) groups excluding carboxylic acids is 1. The Bertz CT molecular complexity index is 1030. The summed E-state index contributed by atoms with van der Waals surface area (Å²) in [5.74, 6) is 0.467. The summed E-state index contributed by atoms with van der Waals surface area (Å²) in [7, 11) is 0. The molecule has 0 aliphatic rings. The number of carbonyl (C=O) groups is 1. The summed E-state index contributed by atoms with van der Waals surface area (Å²) in [6, 6.07) is 16.4. The van der Waals surface area contributed by atoms with E-state index in [4.69, 9.17) is 4.74 Å². The van der Waals surface area contributed by atoms with Crippen molar-refractivity contribution in [2.45, 2.75) is 13.8 Å². The molecule has 3 aromatic rings. The Kier molecular flexibility index (Phi) is 5.75. The van der Waals surface area contributed by atoms with E-state index in [-0.39, 0.29) is 11.6 Å². The van der Waals surface area contributed by atoms with Crippen molar-refractivity contribution in [3.05, 3.63) is 91.9 Å². The van der Waals surface area contributed by atoms with Gasteiger partial charge in [-0.15, -0.1) is 0 Å². The number of aryl methyl sites for hydroxylation is 2. The largest absolute Gasteiger partial charge is 0.457 e. The van der Waals surface area contributed by atoms with Crippen molar-refractivity contribution in [3.8, 4) is 11.5 Å². The number of nitro groups is 1. The number of anilines is 1. The molecule has 0 bridgehead atoms. The molecule has 0 atom stereocenters. The zero-order valence-corrected chi connectivity index (χ0v) is 16.8. The fraction of sp³-hybridized carbons (Fsp3) is 0.0952.